The van der Waals surface area contributed by atoms with E-state index in [1.54, 1.807) is 0 Å². The molecule has 0 fully saturated rings. The summed E-state index contributed by atoms with van der Waals surface area (Å²) in [7, 11) is 0. The van der Waals surface area contributed by atoms with E-state index in [1.807, 2.05) is 0 Å². The van der Waals surface area contributed by atoms with E-state index in [4.69, 9.17) is 5.73 Å². The molecule has 0 heterocycles. The fraction of sp³-hybridized carbons (Fsp3) is 0.444. The molecule has 0 spiro atoms. The SMILES string of the molecule is C=CN=C(N)/C(=C(\C)F)[N+](=O)[O-].CCC. The number of halogens is 1. The Labute approximate surface area is 88.3 Å². The highest BCUT2D eigenvalue weighted by Gasteiger charge is 2.20. The van der Waals surface area contributed by atoms with Crippen LogP contribution in [0, 0.1) is 10.1 Å². The Morgan fingerprint density at radius 2 is 2.07 bits per heavy atom. The first-order valence-electron chi connectivity index (χ1n) is 4.37. The zero-order valence-electron chi connectivity index (χ0n) is 9.16. The van der Waals surface area contributed by atoms with Gasteiger partial charge in [0, 0.05) is 6.20 Å². The van der Waals surface area contributed by atoms with Gasteiger partial charge in [0.15, 0.2) is 5.83 Å². The molecule has 0 unspecified atom stereocenters. The molecule has 6 heteroatoms. The summed E-state index contributed by atoms with van der Waals surface area (Å²) in [5.41, 5.74) is 4.25. The van der Waals surface area contributed by atoms with Crippen LogP contribution in [-0.4, -0.2) is 10.8 Å². The number of hydrogen-bond acceptors (Lipinski definition) is 3. The van der Waals surface area contributed by atoms with Crippen molar-refractivity contribution < 1.29 is 9.31 Å². The van der Waals surface area contributed by atoms with E-state index in [1.165, 1.54) is 6.42 Å². The average molecular weight is 217 g/mol. The second-order valence-electron chi connectivity index (χ2n) is 2.54. The molecular weight excluding hydrogens is 201 g/mol. The van der Waals surface area contributed by atoms with Gasteiger partial charge in [-0.15, -0.1) is 0 Å². The van der Waals surface area contributed by atoms with Gasteiger partial charge in [-0.2, -0.15) is 0 Å². The standard InChI is InChI=1S/C6H8FN3O2.C3H8/c1-3-9-6(8)5(4(2)7)10(11)12;1-3-2/h3H,1H2,2H3,(H2,8,9);3H2,1-2H3/b5-4-;. The third kappa shape index (κ3) is 7.36. The Hall–Kier alpha value is -1.72. The fourth-order valence-corrected chi connectivity index (χ4v) is 0.555. The molecule has 0 saturated heterocycles. The van der Waals surface area contributed by atoms with Crippen molar-refractivity contribution in [3.05, 3.63) is 34.4 Å². The van der Waals surface area contributed by atoms with Crippen LogP contribution in [0.25, 0.3) is 0 Å². The van der Waals surface area contributed by atoms with Crippen molar-refractivity contribution in [3.63, 3.8) is 0 Å². The van der Waals surface area contributed by atoms with Gasteiger partial charge in [0.25, 0.3) is 0 Å². The smallest absolute Gasteiger partial charge is 0.341 e. The zero-order valence-corrected chi connectivity index (χ0v) is 9.16. The van der Waals surface area contributed by atoms with Gasteiger partial charge in [0.2, 0.25) is 5.84 Å². The molecule has 0 aromatic rings. The number of allylic oxidation sites excluding steroid dienone is 1. The summed E-state index contributed by atoms with van der Waals surface area (Å²) in [6, 6.07) is 0. The zero-order chi connectivity index (χ0) is 12.4. The van der Waals surface area contributed by atoms with Gasteiger partial charge < -0.3 is 5.73 Å². The molecule has 86 valence electrons. The van der Waals surface area contributed by atoms with Crippen LogP contribution in [0.3, 0.4) is 0 Å². The number of nitrogens with two attached hydrogens (primary N) is 1. The van der Waals surface area contributed by atoms with Crippen LogP contribution in [0.15, 0.2) is 29.3 Å². The van der Waals surface area contributed by atoms with Gasteiger partial charge in [-0.3, -0.25) is 10.1 Å². The van der Waals surface area contributed by atoms with Crippen molar-refractivity contribution in [1.82, 2.24) is 0 Å². The first kappa shape index (κ1) is 15.7. The third-order valence-electron chi connectivity index (χ3n) is 0.982. The first-order chi connectivity index (χ1) is 6.92. The third-order valence-corrected chi connectivity index (χ3v) is 0.982. The number of nitrogens with zero attached hydrogens (tertiary/aromatic N) is 2. The largest absolute Gasteiger partial charge is 0.378 e. The van der Waals surface area contributed by atoms with Crippen molar-refractivity contribution in [3.8, 4) is 0 Å². The van der Waals surface area contributed by atoms with Crippen LogP contribution < -0.4 is 5.73 Å². The average Bonchev–Trinajstić information content (AvgIpc) is 2.03. The highest BCUT2D eigenvalue weighted by atomic mass is 19.1. The normalized spacial score (nSPS) is 12.1. The molecule has 0 atom stereocenters. The van der Waals surface area contributed by atoms with Gasteiger partial charge in [-0.05, 0) is 6.92 Å². The van der Waals surface area contributed by atoms with E-state index in [0.717, 1.165) is 13.1 Å². The molecule has 2 N–H and O–H groups in total. The second kappa shape index (κ2) is 8.86. The summed E-state index contributed by atoms with van der Waals surface area (Å²) < 4.78 is 12.4. The quantitative estimate of drug-likeness (QED) is 0.341. The van der Waals surface area contributed by atoms with Crippen LogP contribution in [-0.2, 0) is 0 Å². The Balaban J connectivity index is 0. The van der Waals surface area contributed by atoms with Crippen molar-refractivity contribution in [1.29, 1.82) is 0 Å². The number of aliphatic imine (C=N–C) groups is 1. The van der Waals surface area contributed by atoms with Gasteiger partial charge in [-0.25, -0.2) is 9.38 Å². The highest BCUT2D eigenvalue weighted by molar-refractivity contribution is 5.95. The summed E-state index contributed by atoms with van der Waals surface area (Å²) in [6.07, 6.45) is 2.25. The Bertz CT molecular complexity index is 281. The second-order valence-corrected chi connectivity index (χ2v) is 2.54. The first-order valence-corrected chi connectivity index (χ1v) is 4.37. The lowest BCUT2D eigenvalue weighted by atomic mass is 10.4. The monoisotopic (exact) mass is 217 g/mol. The number of nitro groups is 1. The van der Waals surface area contributed by atoms with Crippen LogP contribution >= 0.6 is 0 Å². The van der Waals surface area contributed by atoms with E-state index >= 15 is 0 Å². The van der Waals surface area contributed by atoms with Crippen molar-refractivity contribution >= 4 is 5.84 Å². The molecule has 0 rings (SSSR count). The van der Waals surface area contributed by atoms with Gasteiger partial charge in [0.05, 0.1) is 4.92 Å². The van der Waals surface area contributed by atoms with Crippen LogP contribution in [0.1, 0.15) is 27.2 Å². The molecule has 0 bridgehead atoms. The summed E-state index contributed by atoms with van der Waals surface area (Å²) >= 11 is 0. The molecule has 5 nitrogen and oxygen atoms in total. The summed E-state index contributed by atoms with van der Waals surface area (Å²) in [6.45, 7) is 8.35. The lowest BCUT2D eigenvalue weighted by Gasteiger charge is -1.95. The van der Waals surface area contributed by atoms with Crippen LogP contribution in [0.5, 0.6) is 0 Å². The minimum atomic E-state index is -0.983. The molecule has 0 aromatic carbocycles. The van der Waals surface area contributed by atoms with E-state index in [-0.39, 0.29) is 0 Å². The Morgan fingerprint density at radius 1 is 1.67 bits per heavy atom. The lowest BCUT2D eigenvalue weighted by molar-refractivity contribution is -0.417. The van der Waals surface area contributed by atoms with Gasteiger partial charge in [0.1, 0.15) is 0 Å². The van der Waals surface area contributed by atoms with Crippen LogP contribution in [0.4, 0.5) is 4.39 Å². The highest BCUT2D eigenvalue weighted by Crippen LogP contribution is 2.05. The maximum atomic E-state index is 12.4. The Kier molecular flexibility index (Phi) is 9.30. The minimum Gasteiger partial charge on any atom is -0.378 e. The van der Waals surface area contributed by atoms with Crippen LogP contribution in [0.2, 0.25) is 0 Å². The minimum absolute atomic E-state index is 0.491. The fourth-order valence-electron chi connectivity index (χ4n) is 0.555. The van der Waals surface area contributed by atoms with E-state index in [2.05, 4.69) is 25.4 Å². The number of rotatable bonds is 3. The van der Waals surface area contributed by atoms with E-state index in [9.17, 15) is 14.5 Å². The molecule has 0 aliphatic carbocycles. The molecule has 0 radical (unpaired) electrons. The van der Waals surface area contributed by atoms with E-state index in [0.29, 0.717) is 0 Å². The van der Waals surface area contributed by atoms with Gasteiger partial charge >= 0.3 is 5.70 Å². The Morgan fingerprint density at radius 3 is 2.27 bits per heavy atom. The molecule has 0 saturated carbocycles. The topological polar surface area (TPSA) is 81.5 Å². The summed E-state index contributed by atoms with van der Waals surface area (Å²) in [5.74, 6) is -1.47. The summed E-state index contributed by atoms with van der Waals surface area (Å²) in [4.78, 5) is 12.5. The molecule has 15 heavy (non-hydrogen) atoms. The maximum Gasteiger partial charge on any atom is 0.341 e. The molecule has 0 amide bonds. The predicted molar refractivity (Wildman–Crippen MR) is 58.6 cm³/mol. The van der Waals surface area contributed by atoms with E-state index < -0.39 is 22.3 Å². The van der Waals surface area contributed by atoms with Gasteiger partial charge in [-0.1, -0.05) is 26.8 Å². The maximum absolute atomic E-state index is 12.4. The summed E-state index contributed by atoms with van der Waals surface area (Å²) in [5, 5.41) is 10.2. The lowest BCUT2D eigenvalue weighted by Crippen LogP contribution is -2.21. The number of amidine groups is 1. The molecule has 0 aromatic heterocycles. The number of hydrogen-bond donors (Lipinski definition) is 1. The predicted octanol–water partition coefficient (Wildman–Crippen LogP) is 2.38. The van der Waals surface area contributed by atoms with Crippen molar-refractivity contribution in [2.75, 3.05) is 0 Å². The molecule has 0 aliphatic rings. The van der Waals surface area contributed by atoms with Crippen molar-refractivity contribution in [2.45, 2.75) is 27.2 Å². The van der Waals surface area contributed by atoms with Crippen molar-refractivity contribution in [2.24, 2.45) is 10.7 Å². The molecular formula is C9H16FN3O2. The molecule has 0 aliphatic heterocycles.